The van der Waals surface area contributed by atoms with E-state index in [9.17, 15) is 9.59 Å². The third-order valence-corrected chi connectivity index (χ3v) is 4.58. The Hall–Kier alpha value is -2.24. The highest BCUT2D eigenvalue weighted by Gasteiger charge is 2.20. The molecule has 6 nitrogen and oxygen atoms in total. The predicted molar refractivity (Wildman–Crippen MR) is 97.2 cm³/mol. The minimum absolute atomic E-state index is 0.00131. The summed E-state index contributed by atoms with van der Waals surface area (Å²) >= 11 is 0. The standard InChI is InChI=1S/C19H28N2O4/c1-14(22)21(16-10-11-17(24-2)18(12-16)25-3)13-19(23)20-15-8-6-4-5-7-9-15/h10-12,15H,4-9,13H2,1-3H3,(H,20,23). The molecule has 1 aliphatic carbocycles. The van der Waals surface area contributed by atoms with Crippen LogP contribution in [0.15, 0.2) is 18.2 Å². The SMILES string of the molecule is COc1ccc(N(CC(=O)NC2CCCCCC2)C(C)=O)cc1OC. The molecule has 2 amide bonds. The number of methoxy groups -OCH3 is 2. The van der Waals surface area contributed by atoms with Crippen LogP contribution >= 0.6 is 0 Å². The number of ether oxygens (including phenoxy) is 2. The average molecular weight is 348 g/mol. The highest BCUT2D eigenvalue weighted by Crippen LogP contribution is 2.31. The molecule has 0 aromatic heterocycles. The average Bonchev–Trinajstić information content (AvgIpc) is 2.87. The van der Waals surface area contributed by atoms with Crippen molar-refractivity contribution < 1.29 is 19.1 Å². The van der Waals surface area contributed by atoms with Crippen molar-refractivity contribution >= 4 is 17.5 Å². The van der Waals surface area contributed by atoms with Crippen molar-refractivity contribution in [3.05, 3.63) is 18.2 Å². The molecular formula is C19H28N2O4. The van der Waals surface area contributed by atoms with Crippen LogP contribution in [-0.4, -0.2) is 38.6 Å². The number of hydrogen-bond acceptors (Lipinski definition) is 4. The van der Waals surface area contributed by atoms with E-state index in [1.54, 1.807) is 32.4 Å². The van der Waals surface area contributed by atoms with Crippen molar-refractivity contribution in [3.8, 4) is 11.5 Å². The maximum absolute atomic E-state index is 12.4. The second-order valence-corrected chi connectivity index (χ2v) is 6.40. The Bertz CT molecular complexity index is 595. The van der Waals surface area contributed by atoms with E-state index in [0.29, 0.717) is 17.2 Å². The third kappa shape index (κ3) is 5.37. The van der Waals surface area contributed by atoms with E-state index in [4.69, 9.17) is 9.47 Å². The maximum atomic E-state index is 12.4. The van der Waals surface area contributed by atoms with E-state index in [0.717, 1.165) is 25.7 Å². The zero-order chi connectivity index (χ0) is 18.2. The number of carbonyl (C=O) groups excluding carboxylic acids is 2. The molecule has 25 heavy (non-hydrogen) atoms. The lowest BCUT2D eigenvalue weighted by Crippen LogP contribution is -2.43. The van der Waals surface area contributed by atoms with Crippen LogP contribution in [0.5, 0.6) is 11.5 Å². The second-order valence-electron chi connectivity index (χ2n) is 6.40. The molecule has 0 spiro atoms. The van der Waals surface area contributed by atoms with Gasteiger partial charge in [0.05, 0.1) is 14.2 Å². The van der Waals surface area contributed by atoms with Crippen LogP contribution in [0.4, 0.5) is 5.69 Å². The molecular weight excluding hydrogens is 320 g/mol. The molecule has 1 fully saturated rings. The van der Waals surface area contributed by atoms with E-state index in [1.807, 2.05) is 0 Å². The molecule has 0 unspecified atom stereocenters. The molecule has 1 N–H and O–H groups in total. The maximum Gasteiger partial charge on any atom is 0.240 e. The predicted octanol–water partition coefficient (Wildman–Crippen LogP) is 2.90. The van der Waals surface area contributed by atoms with Gasteiger partial charge in [-0.05, 0) is 25.0 Å². The highest BCUT2D eigenvalue weighted by molar-refractivity contribution is 5.97. The lowest BCUT2D eigenvalue weighted by atomic mass is 10.1. The van der Waals surface area contributed by atoms with Gasteiger partial charge in [0.2, 0.25) is 11.8 Å². The number of rotatable bonds is 6. The first-order valence-corrected chi connectivity index (χ1v) is 8.84. The Morgan fingerprint density at radius 3 is 2.28 bits per heavy atom. The molecule has 1 aliphatic rings. The van der Waals surface area contributed by atoms with E-state index >= 15 is 0 Å². The lowest BCUT2D eigenvalue weighted by Gasteiger charge is -2.23. The molecule has 0 radical (unpaired) electrons. The molecule has 2 rings (SSSR count). The van der Waals surface area contributed by atoms with Crippen LogP contribution in [0.2, 0.25) is 0 Å². The Balaban J connectivity index is 2.07. The highest BCUT2D eigenvalue weighted by atomic mass is 16.5. The Labute approximate surface area is 149 Å². The summed E-state index contributed by atoms with van der Waals surface area (Å²) in [6.07, 6.45) is 6.80. The summed E-state index contributed by atoms with van der Waals surface area (Å²) in [5.74, 6) is 0.785. The molecule has 0 atom stereocenters. The first kappa shape index (κ1) is 19.1. The van der Waals surface area contributed by atoms with Crippen molar-refractivity contribution in [1.29, 1.82) is 0 Å². The van der Waals surface area contributed by atoms with Crippen molar-refractivity contribution in [3.63, 3.8) is 0 Å². The van der Waals surface area contributed by atoms with Gasteiger partial charge in [-0.15, -0.1) is 0 Å². The normalized spacial score (nSPS) is 15.2. The molecule has 138 valence electrons. The van der Waals surface area contributed by atoms with E-state index in [1.165, 1.54) is 24.7 Å². The lowest BCUT2D eigenvalue weighted by molar-refractivity contribution is -0.123. The van der Waals surface area contributed by atoms with Gasteiger partial charge in [-0.25, -0.2) is 0 Å². The molecule has 1 saturated carbocycles. The fourth-order valence-corrected chi connectivity index (χ4v) is 3.22. The number of benzene rings is 1. The molecule has 0 heterocycles. The van der Waals surface area contributed by atoms with Crippen LogP contribution in [0.3, 0.4) is 0 Å². The summed E-state index contributed by atoms with van der Waals surface area (Å²) in [7, 11) is 3.10. The number of anilines is 1. The van der Waals surface area contributed by atoms with Crippen molar-refractivity contribution in [1.82, 2.24) is 5.32 Å². The van der Waals surface area contributed by atoms with Gasteiger partial charge in [-0.2, -0.15) is 0 Å². The summed E-state index contributed by atoms with van der Waals surface area (Å²) < 4.78 is 10.5. The van der Waals surface area contributed by atoms with Crippen molar-refractivity contribution in [2.24, 2.45) is 0 Å². The third-order valence-electron chi connectivity index (χ3n) is 4.58. The largest absolute Gasteiger partial charge is 0.493 e. The monoisotopic (exact) mass is 348 g/mol. The topological polar surface area (TPSA) is 67.9 Å². The molecule has 0 aliphatic heterocycles. The van der Waals surface area contributed by atoms with Gasteiger partial charge in [0.15, 0.2) is 11.5 Å². The molecule has 0 saturated heterocycles. The Kier molecular flexibility index (Phi) is 7.10. The van der Waals surface area contributed by atoms with Crippen LogP contribution in [0, 0.1) is 0 Å². The number of nitrogens with one attached hydrogen (secondary N) is 1. The minimum Gasteiger partial charge on any atom is -0.493 e. The zero-order valence-electron chi connectivity index (χ0n) is 15.3. The van der Waals surface area contributed by atoms with Gasteiger partial charge >= 0.3 is 0 Å². The fourth-order valence-electron chi connectivity index (χ4n) is 3.22. The van der Waals surface area contributed by atoms with E-state index in [-0.39, 0.29) is 24.4 Å². The fraction of sp³-hybridized carbons (Fsp3) is 0.579. The molecule has 6 heteroatoms. The van der Waals surface area contributed by atoms with Crippen molar-refractivity contribution in [2.45, 2.75) is 51.5 Å². The summed E-state index contributed by atoms with van der Waals surface area (Å²) in [6.45, 7) is 1.46. The van der Waals surface area contributed by atoms with Gasteiger partial charge < -0.3 is 19.7 Å². The van der Waals surface area contributed by atoms with E-state index < -0.39 is 0 Å². The number of nitrogens with zero attached hydrogens (tertiary/aromatic N) is 1. The quantitative estimate of drug-likeness (QED) is 0.803. The second kappa shape index (κ2) is 9.30. The summed E-state index contributed by atoms with van der Waals surface area (Å²) in [5.41, 5.74) is 0.612. The van der Waals surface area contributed by atoms with Gasteiger partial charge in [0.25, 0.3) is 0 Å². The minimum atomic E-state index is -0.191. The first-order valence-electron chi connectivity index (χ1n) is 8.84. The van der Waals surface area contributed by atoms with Crippen LogP contribution in [-0.2, 0) is 9.59 Å². The summed E-state index contributed by atoms with van der Waals surface area (Å²) in [4.78, 5) is 25.9. The number of carbonyl (C=O) groups is 2. The summed E-state index contributed by atoms with van der Waals surface area (Å²) in [5, 5.41) is 3.08. The van der Waals surface area contributed by atoms with Gasteiger partial charge in [-0.1, -0.05) is 25.7 Å². The number of hydrogen-bond donors (Lipinski definition) is 1. The summed E-state index contributed by atoms with van der Waals surface area (Å²) in [6, 6.07) is 5.41. The van der Waals surface area contributed by atoms with Gasteiger partial charge in [-0.3, -0.25) is 9.59 Å². The Morgan fingerprint density at radius 2 is 1.72 bits per heavy atom. The van der Waals surface area contributed by atoms with Crippen molar-refractivity contribution in [2.75, 3.05) is 25.7 Å². The van der Waals surface area contributed by atoms with Crippen LogP contribution < -0.4 is 19.7 Å². The molecule has 1 aromatic carbocycles. The van der Waals surface area contributed by atoms with E-state index in [2.05, 4.69) is 5.32 Å². The van der Waals surface area contributed by atoms with Gasteiger partial charge in [0.1, 0.15) is 6.54 Å². The number of amides is 2. The molecule has 1 aromatic rings. The molecule has 0 bridgehead atoms. The Morgan fingerprint density at radius 1 is 1.08 bits per heavy atom. The van der Waals surface area contributed by atoms with Crippen LogP contribution in [0.25, 0.3) is 0 Å². The first-order chi connectivity index (χ1) is 12.0. The zero-order valence-corrected chi connectivity index (χ0v) is 15.3. The van der Waals surface area contributed by atoms with Crippen LogP contribution in [0.1, 0.15) is 45.4 Å². The van der Waals surface area contributed by atoms with Gasteiger partial charge in [0, 0.05) is 24.7 Å². The smallest absolute Gasteiger partial charge is 0.240 e.